The normalized spacial score (nSPS) is 9.73. The summed E-state index contributed by atoms with van der Waals surface area (Å²) in [6.07, 6.45) is 5.66. The molecule has 0 fully saturated rings. The molecule has 5 heteroatoms. The molecule has 1 aromatic carbocycles. The van der Waals surface area contributed by atoms with Crippen LogP contribution in [0.15, 0.2) is 12.1 Å². The molecule has 0 radical (unpaired) electrons. The van der Waals surface area contributed by atoms with Gasteiger partial charge in [0.2, 0.25) is 5.75 Å². The lowest BCUT2D eigenvalue weighted by Gasteiger charge is -2.17. The van der Waals surface area contributed by atoms with Gasteiger partial charge in [-0.3, -0.25) is 4.79 Å². The molecule has 1 N–H and O–H groups in total. The predicted octanol–water partition coefficient (Wildman–Crippen LogP) is 2.64. The molecule has 120 valence electrons. The van der Waals surface area contributed by atoms with E-state index in [9.17, 15) is 4.79 Å². The van der Waals surface area contributed by atoms with E-state index in [1.165, 1.54) is 0 Å². The first-order valence-electron chi connectivity index (χ1n) is 7.45. The summed E-state index contributed by atoms with van der Waals surface area (Å²) < 4.78 is 16.7. The van der Waals surface area contributed by atoms with Crippen LogP contribution in [-0.2, 0) is 0 Å². The average Bonchev–Trinajstić information content (AvgIpc) is 2.50. The molecule has 1 rings (SSSR count). The Bertz CT molecular complexity index is 507. The van der Waals surface area contributed by atoms with Crippen molar-refractivity contribution in [1.29, 1.82) is 0 Å². The van der Waals surface area contributed by atoms with Crippen LogP contribution >= 0.6 is 0 Å². The van der Waals surface area contributed by atoms with E-state index in [-0.39, 0.29) is 5.91 Å². The van der Waals surface area contributed by atoms with Crippen molar-refractivity contribution in [3.63, 3.8) is 0 Å². The Morgan fingerprint density at radius 2 is 1.64 bits per heavy atom. The maximum atomic E-state index is 12.2. The number of terminal acetylenes is 1. The van der Waals surface area contributed by atoms with Gasteiger partial charge >= 0.3 is 0 Å². The summed E-state index contributed by atoms with van der Waals surface area (Å²) >= 11 is 0. The predicted molar refractivity (Wildman–Crippen MR) is 85.7 cm³/mol. The van der Waals surface area contributed by atoms with Gasteiger partial charge in [0.05, 0.1) is 19.8 Å². The van der Waals surface area contributed by atoms with Gasteiger partial charge in [0.1, 0.15) is 0 Å². The second kappa shape index (κ2) is 9.56. The van der Waals surface area contributed by atoms with Gasteiger partial charge < -0.3 is 19.5 Å². The van der Waals surface area contributed by atoms with E-state index in [2.05, 4.69) is 11.2 Å². The summed E-state index contributed by atoms with van der Waals surface area (Å²) in [5.41, 5.74) is 0.451. The fourth-order valence-electron chi connectivity index (χ4n) is 1.87. The van der Waals surface area contributed by atoms with E-state index >= 15 is 0 Å². The van der Waals surface area contributed by atoms with E-state index < -0.39 is 0 Å². The van der Waals surface area contributed by atoms with Gasteiger partial charge in [-0.15, -0.1) is 12.3 Å². The maximum absolute atomic E-state index is 12.2. The van der Waals surface area contributed by atoms with E-state index in [1.807, 2.05) is 20.8 Å². The fraction of sp³-hybridized carbons (Fsp3) is 0.471. The molecule has 1 aromatic rings. The number of hydrogen-bond acceptors (Lipinski definition) is 4. The third-order valence-electron chi connectivity index (χ3n) is 2.73. The van der Waals surface area contributed by atoms with Crippen LogP contribution in [-0.4, -0.2) is 32.3 Å². The van der Waals surface area contributed by atoms with Crippen molar-refractivity contribution in [3.05, 3.63) is 17.7 Å². The number of ether oxygens (including phenoxy) is 3. The van der Waals surface area contributed by atoms with Crippen LogP contribution in [0.2, 0.25) is 0 Å². The number of carbonyl (C=O) groups excluding carboxylic acids is 1. The van der Waals surface area contributed by atoms with Crippen molar-refractivity contribution >= 4 is 5.91 Å². The van der Waals surface area contributed by atoms with Crippen LogP contribution in [0.3, 0.4) is 0 Å². The molecule has 0 unspecified atom stereocenters. The number of nitrogens with one attached hydrogen (secondary N) is 1. The molecule has 22 heavy (non-hydrogen) atoms. The van der Waals surface area contributed by atoms with Crippen molar-refractivity contribution in [3.8, 4) is 29.6 Å². The van der Waals surface area contributed by atoms with Gasteiger partial charge in [-0.2, -0.15) is 0 Å². The summed E-state index contributed by atoms with van der Waals surface area (Å²) in [4.78, 5) is 12.2. The van der Waals surface area contributed by atoms with Gasteiger partial charge in [0, 0.05) is 18.5 Å². The summed E-state index contributed by atoms with van der Waals surface area (Å²) in [5, 5.41) is 2.76. The Balaban J connectivity index is 3.12. The first-order chi connectivity index (χ1) is 10.7. The Kier molecular flexibility index (Phi) is 7.69. The first kappa shape index (κ1) is 17.7. The highest BCUT2D eigenvalue weighted by Gasteiger charge is 2.18. The zero-order chi connectivity index (χ0) is 16.4. The fourth-order valence-corrected chi connectivity index (χ4v) is 1.87. The lowest BCUT2D eigenvalue weighted by Crippen LogP contribution is -2.24. The van der Waals surface area contributed by atoms with E-state index in [1.54, 1.807) is 12.1 Å². The van der Waals surface area contributed by atoms with Crippen LogP contribution in [0.25, 0.3) is 0 Å². The minimum absolute atomic E-state index is 0.222. The molecule has 0 aromatic heterocycles. The molecule has 0 bridgehead atoms. The highest BCUT2D eigenvalue weighted by molar-refractivity contribution is 5.95. The molecule has 1 amide bonds. The van der Waals surface area contributed by atoms with E-state index in [4.69, 9.17) is 20.6 Å². The van der Waals surface area contributed by atoms with Crippen LogP contribution in [0.1, 0.15) is 37.6 Å². The van der Waals surface area contributed by atoms with Crippen molar-refractivity contribution in [2.24, 2.45) is 0 Å². The monoisotopic (exact) mass is 305 g/mol. The summed E-state index contributed by atoms with van der Waals surface area (Å²) in [6, 6.07) is 3.31. The highest BCUT2D eigenvalue weighted by atomic mass is 16.5. The molecule has 5 nitrogen and oxygen atoms in total. The second-order valence-corrected chi connectivity index (χ2v) is 4.31. The molecule has 0 aliphatic heterocycles. The minimum Gasteiger partial charge on any atom is -0.490 e. The standard InChI is InChI=1S/C17H23NO4/c1-5-9-10-18-17(19)13-11-14(20-6-2)16(22-8-4)15(12-13)21-7-3/h1,11-12H,6-10H2,2-4H3,(H,18,19). The number of hydrogen-bond donors (Lipinski definition) is 1. The quantitative estimate of drug-likeness (QED) is 0.563. The van der Waals surface area contributed by atoms with Crippen LogP contribution in [0.5, 0.6) is 17.2 Å². The number of amides is 1. The zero-order valence-corrected chi connectivity index (χ0v) is 13.4. The van der Waals surface area contributed by atoms with E-state index in [0.29, 0.717) is 55.6 Å². The van der Waals surface area contributed by atoms with Gasteiger partial charge in [0.25, 0.3) is 5.91 Å². The largest absolute Gasteiger partial charge is 0.490 e. The Hall–Kier alpha value is -2.35. The third kappa shape index (κ3) is 4.88. The van der Waals surface area contributed by atoms with E-state index in [0.717, 1.165) is 0 Å². The zero-order valence-electron chi connectivity index (χ0n) is 13.4. The Morgan fingerprint density at radius 1 is 1.09 bits per heavy atom. The average molecular weight is 305 g/mol. The molecule has 0 saturated heterocycles. The lowest BCUT2D eigenvalue weighted by atomic mass is 10.1. The van der Waals surface area contributed by atoms with Gasteiger partial charge in [-0.1, -0.05) is 0 Å². The molecular weight excluding hydrogens is 282 g/mol. The smallest absolute Gasteiger partial charge is 0.251 e. The maximum Gasteiger partial charge on any atom is 0.251 e. The SMILES string of the molecule is C#CCCNC(=O)c1cc(OCC)c(OCC)c(OCC)c1. The Morgan fingerprint density at radius 3 is 2.09 bits per heavy atom. The molecular formula is C17H23NO4. The van der Waals surface area contributed by atoms with Crippen molar-refractivity contribution in [1.82, 2.24) is 5.32 Å². The minimum atomic E-state index is -0.222. The lowest BCUT2D eigenvalue weighted by molar-refractivity contribution is 0.0953. The first-order valence-corrected chi connectivity index (χ1v) is 7.45. The summed E-state index contributed by atoms with van der Waals surface area (Å²) in [5.74, 6) is 3.77. The van der Waals surface area contributed by atoms with Gasteiger partial charge in [-0.25, -0.2) is 0 Å². The van der Waals surface area contributed by atoms with Gasteiger partial charge in [0.15, 0.2) is 11.5 Å². The molecule has 0 spiro atoms. The second-order valence-electron chi connectivity index (χ2n) is 4.31. The van der Waals surface area contributed by atoms with Gasteiger partial charge in [-0.05, 0) is 32.9 Å². The topological polar surface area (TPSA) is 56.8 Å². The van der Waals surface area contributed by atoms with Crippen molar-refractivity contribution in [2.45, 2.75) is 27.2 Å². The third-order valence-corrected chi connectivity index (χ3v) is 2.73. The highest BCUT2D eigenvalue weighted by Crippen LogP contribution is 2.39. The van der Waals surface area contributed by atoms with Crippen molar-refractivity contribution < 1.29 is 19.0 Å². The molecule has 0 atom stereocenters. The number of rotatable bonds is 9. The van der Waals surface area contributed by atoms with Crippen LogP contribution < -0.4 is 19.5 Å². The van der Waals surface area contributed by atoms with Crippen LogP contribution in [0, 0.1) is 12.3 Å². The molecule has 0 saturated carbocycles. The Labute approximate surface area is 131 Å². The molecule has 0 heterocycles. The number of carbonyl (C=O) groups is 1. The molecule has 0 aliphatic carbocycles. The summed E-state index contributed by atoms with van der Waals surface area (Å²) in [7, 11) is 0. The summed E-state index contributed by atoms with van der Waals surface area (Å²) in [6.45, 7) is 7.46. The van der Waals surface area contributed by atoms with Crippen LogP contribution in [0.4, 0.5) is 0 Å². The van der Waals surface area contributed by atoms with Crippen molar-refractivity contribution in [2.75, 3.05) is 26.4 Å². The molecule has 0 aliphatic rings. The number of benzene rings is 1.